The molecule has 1 atom stereocenters. The van der Waals surface area contributed by atoms with Crippen molar-refractivity contribution in [2.24, 2.45) is 5.18 Å². The van der Waals surface area contributed by atoms with Crippen LogP contribution in [0.25, 0.3) is 0 Å². The first-order chi connectivity index (χ1) is 4.33. The molecule has 1 aliphatic heterocycles. The van der Waals surface area contributed by atoms with Crippen molar-refractivity contribution in [3.63, 3.8) is 0 Å². The van der Waals surface area contributed by atoms with E-state index in [1.807, 2.05) is 6.92 Å². The standard InChI is InChI=1S/C5H9N3O/c1-4-2-7-5(8-9)3-6-4/h2,5-7H,3H2,1H3. The Morgan fingerprint density at radius 1 is 1.89 bits per heavy atom. The van der Waals surface area contributed by atoms with Gasteiger partial charge in [-0.3, -0.25) is 0 Å². The third kappa shape index (κ3) is 1.42. The topological polar surface area (TPSA) is 53.5 Å². The van der Waals surface area contributed by atoms with Gasteiger partial charge in [0.15, 0.2) is 6.17 Å². The molecular formula is C5H9N3O. The average Bonchev–Trinajstić information content (AvgIpc) is 1.90. The highest BCUT2D eigenvalue weighted by Gasteiger charge is 2.08. The second-order valence-corrected chi connectivity index (χ2v) is 2.00. The summed E-state index contributed by atoms with van der Waals surface area (Å²) >= 11 is 0. The molecule has 1 aliphatic rings. The molecule has 0 aromatic carbocycles. The van der Waals surface area contributed by atoms with Crippen molar-refractivity contribution in [2.75, 3.05) is 6.54 Å². The van der Waals surface area contributed by atoms with E-state index in [2.05, 4.69) is 15.8 Å². The van der Waals surface area contributed by atoms with Gasteiger partial charge in [0.25, 0.3) is 0 Å². The van der Waals surface area contributed by atoms with Crippen LogP contribution in [0.4, 0.5) is 0 Å². The molecule has 4 nitrogen and oxygen atoms in total. The number of nitrogens with one attached hydrogen (secondary N) is 2. The third-order valence-corrected chi connectivity index (χ3v) is 1.19. The fourth-order valence-corrected chi connectivity index (χ4v) is 0.657. The van der Waals surface area contributed by atoms with Crippen LogP contribution < -0.4 is 10.6 Å². The van der Waals surface area contributed by atoms with Crippen LogP contribution in [0.1, 0.15) is 6.92 Å². The normalized spacial score (nSPS) is 25.4. The average molecular weight is 127 g/mol. The largest absolute Gasteiger partial charge is 0.383 e. The van der Waals surface area contributed by atoms with Gasteiger partial charge in [-0.15, -0.1) is 4.91 Å². The van der Waals surface area contributed by atoms with Crippen molar-refractivity contribution in [1.29, 1.82) is 0 Å². The summed E-state index contributed by atoms with van der Waals surface area (Å²) in [6.45, 7) is 2.51. The predicted octanol–water partition coefficient (Wildman–Crippen LogP) is 0.133. The maximum Gasteiger partial charge on any atom is 0.178 e. The van der Waals surface area contributed by atoms with E-state index < -0.39 is 0 Å². The molecule has 0 aliphatic carbocycles. The highest BCUT2D eigenvalue weighted by Crippen LogP contribution is 1.94. The molecule has 0 bridgehead atoms. The SMILES string of the molecule is CC1=CNC(N=O)CN1. The van der Waals surface area contributed by atoms with Crippen LogP contribution in [0.3, 0.4) is 0 Å². The van der Waals surface area contributed by atoms with Gasteiger partial charge in [-0.2, -0.15) is 0 Å². The first kappa shape index (κ1) is 6.07. The molecule has 4 heteroatoms. The van der Waals surface area contributed by atoms with Crippen molar-refractivity contribution >= 4 is 0 Å². The zero-order valence-electron chi connectivity index (χ0n) is 5.22. The summed E-state index contributed by atoms with van der Waals surface area (Å²) in [6, 6.07) is 0. The van der Waals surface area contributed by atoms with Crippen LogP contribution >= 0.6 is 0 Å². The van der Waals surface area contributed by atoms with Crippen LogP contribution in [0, 0.1) is 4.91 Å². The number of hydrogen-bond donors (Lipinski definition) is 2. The van der Waals surface area contributed by atoms with E-state index in [1.165, 1.54) is 0 Å². The van der Waals surface area contributed by atoms with E-state index >= 15 is 0 Å². The molecule has 9 heavy (non-hydrogen) atoms. The van der Waals surface area contributed by atoms with Gasteiger partial charge in [-0.25, -0.2) is 0 Å². The van der Waals surface area contributed by atoms with Crippen LogP contribution in [0.5, 0.6) is 0 Å². The number of hydrogen-bond acceptors (Lipinski definition) is 4. The van der Waals surface area contributed by atoms with Gasteiger partial charge in [-0.1, -0.05) is 0 Å². The minimum absolute atomic E-state index is 0.298. The molecule has 0 saturated heterocycles. The second kappa shape index (κ2) is 2.48. The number of nitrogens with zero attached hydrogens (tertiary/aromatic N) is 1. The van der Waals surface area contributed by atoms with Crippen LogP contribution in [0.2, 0.25) is 0 Å². The zero-order chi connectivity index (χ0) is 6.69. The molecule has 0 radical (unpaired) electrons. The van der Waals surface area contributed by atoms with Gasteiger partial charge in [0.1, 0.15) is 0 Å². The Bertz CT molecular complexity index is 143. The fourth-order valence-electron chi connectivity index (χ4n) is 0.657. The lowest BCUT2D eigenvalue weighted by Crippen LogP contribution is -2.38. The molecule has 50 valence electrons. The molecule has 0 saturated carbocycles. The van der Waals surface area contributed by atoms with Gasteiger partial charge in [-0.05, 0) is 12.1 Å². The second-order valence-electron chi connectivity index (χ2n) is 2.00. The van der Waals surface area contributed by atoms with Crippen molar-refractivity contribution in [1.82, 2.24) is 10.6 Å². The Morgan fingerprint density at radius 2 is 2.67 bits per heavy atom. The van der Waals surface area contributed by atoms with E-state index in [9.17, 15) is 4.91 Å². The lowest BCUT2D eigenvalue weighted by molar-refractivity contribution is 0.536. The molecular weight excluding hydrogens is 118 g/mol. The van der Waals surface area contributed by atoms with Gasteiger partial charge in [0.05, 0.1) is 6.54 Å². The molecule has 0 spiro atoms. The summed E-state index contributed by atoms with van der Waals surface area (Å²) < 4.78 is 0. The molecule has 1 heterocycles. The highest BCUT2D eigenvalue weighted by atomic mass is 16.3. The predicted molar refractivity (Wildman–Crippen MR) is 34.5 cm³/mol. The molecule has 0 fully saturated rings. The zero-order valence-corrected chi connectivity index (χ0v) is 5.22. The fraction of sp³-hybridized carbons (Fsp3) is 0.600. The van der Waals surface area contributed by atoms with E-state index in [0.717, 1.165) is 5.70 Å². The Morgan fingerprint density at radius 3 is 3.11 bits per heavy atom. The van der Waals surface area contributed by atoms with Crippen LogP contribution in [-0.4, -0.2) is 12.7 Å². The van der Waals surface area contributed by atoms with Gasteiger partial charge < -0.3 is 10.6 Å². The summed E-state index contributed by atoms with van der Waals surface area (Å²) in [7, 11) is 0. The summed E-state index contributed by atoms with van der Waals surface area (Å²) in [6.07, 6.45) is 1.45. The highest BCUT2D eigenvalue weighted by molar-refractivity contribution is 4.99. The van der Waals surface area contributed by atoms with Crippen LogP contribution in [0.15, 0.2) is 17.1 Å². The van der Waals surface area contributed by atoms with E-state index in [-0.39, 0.29) is 6.17 Å². The summed E-state index contributed by atoms with van der Waals surface area (Å²) in [5.41, 5.74) is 1.04. The first-order valence-corrected chi connectivity index (χ1v) is 2.82. The number of nitroso groups, excluding NO2 is 1. The molecule has 0 aromatic heterocycles. The Hall–Kier alpha value is -1.06. The van der Waals surface area contributed by atoms with E-state index in [0.29, 0.717) is 6.54 Å². The minimum atomic E-state index is -0.298. The van der Waals surface area contributed by atoms with Gasteiger partial charge >= 0.3 is 0 Å². The number of allylic oxidation sites excluding steroid dienone is 1. The van der Waals surface area contributed by atoms with Crippen molar-refractivity contribution in [2.45, 2.75) is 13.1 Å². The molecule has 1 rings (SSSR count). The maximum absolute atomic E-state index is 9.88. The third-order valence-electron chi connectivity index (χ3n) is 1.19. The molecule has 0 amide bonds. The van der Waals surface area contributed by atoms with E-state index in [1.54, 1.807) is 6.20 Å². The van der Waals surface area contributed by atoms with Gasteiger partial charge in [0, 0.05) is 11.9 Å². The Balaban J connectivity index is 2.45. The lowest BCUT2D eigenvalue weighted by atomic mass is 10.4. The van der Waals surface area contributed by atoms with Crippen molar-refractivity contribution in [3.05, 3.63) is 16.8 Å². The van der Waals surface area contributed by atoms with Crippen molar-refractivity contribution in [3.8, 4) is 0 Å². The van der Waals surface area contributed by atoms with E-state index in [4.69, 9.17) is 0 Å². The molecule has 1 unspecified atom stereocenters. The summed E-state index contributed by atoms with van der Waals surface area (Å²) in [5.74, 6) is 0. The minimum Gasteiger partial charge on any atom is -0.383 e. The van der Waals surface area contributed by atoms with Gasteiger partial charge in [0.2, 0.25) is 0 Å². The quantitative estimate of drug-likeness (QED) is 0.492. The first-order valence-electron chi connectivity index (χ1n) is 2.82. The Kier molecular flexibility index (Phi) is 1.67. The number of rotatable bonds is 1. The maximum atomic E-state index is 9.88. The molecule has 0 aromatic rings. The van der Waals surface area contributed by atoms with Crippen molar-refractivity contribution < 1.29 is 0 Å². The summed E-state index contributed by atoms with van der Waals surface area (Å²) in [4.78, 5) is 9.88. The summed E-state index contributed by atoms with van der Waals surface area (Å²) in [5, 5.41) is 8.62. The molecule has 2 N–H and O–H groups in total. The smallest absolute Gasteiger partial charge is 0.178 e. The monoisotopic (exact) mass is 127 g/mol. The van der Waals surface area contributed by atoms with Crippen LogP contribution in [-0.2, 0) is 0 Å². The lowest BCUT2D eigenvalue weighted by Gasteiger charge is -2.17. The Labute approximate surface area is 53.3 Å².